The average molecular weight is 226 g/mol. The minimum Gasteiger partial charge on any atom is -0.374 e. The summed E-state index contributed by atoms with van der Waals surface area (Å²) in [7, 11) is 1.38. The van der Waals surface area contributed by atoms with Crippen LogP contribution in [0.15, 0.2) is 5.38 Å². The maximum atomic E-state index is 12.1. The number of nitrogens with two attached hydrogens (primary N) is 1. The molecule has 2 N–H and O–H groups in total. The maximum absolute atomic E-state index is 12.1. The number of nitrogens with zero attached hydrogens (tertiary/aromatic N) is 1. The SMILES string of the molecule is COC(CN)c1csc(C(F)(F)F)n1. The van der Waals surface area contributed by atoms with Crippen LogP contribution in [0.25, 0.3) is 0 Å². The van der Waals surface area contributed by atoms with Gasteiger partial charge in [0.05, 0.1) is 5.69 Å². The van der Waals surface area contributed by atoms with E-state index in [4.69, 9.17) is 10.5 Å². The van der Waals surface area contributed by atoms with E-state index in [0.717, 1.165) is 0 Å². The first-order valence-electron chi connectivity index (χ1n) is 3.74. The minimum absolute atomic E-state index is 0.109. The molecule has 80 valence electrons. The molecule has 0 fully saturated rings. The second kappa shape index (κ2) is 4.24. The van der Waals surface area contributed by atoms with Crippen LogP contribution in [-0.4, -0.2) is 18.6 Å². The van der Waals surface area contributed by atoms with Crippen LogP contribution in [-0.2, 0) is 10.9 Å². The molecule has 0 aromatic carbocycles. The third-order valence-corrected chi connectivity index (χ3v) is 2.50. The summed E-state index contributed by atoms with van der Waals surface area (Å²) in [5.41, 5.74) is 5.52. The zero-order valence-corrected chi connectivity index (χ0v) is 8.15. The Balaban J connectivity index is 2.87. The van der Waals surface area contributed by atoms with Crippen LogP contribution < -0.4 is 5.73 Å². The first-order chi connectivity index (χ1) is 6.49. The van der Waals surface area contributed by atoms with Crippen LogP contribution in [0.4, 0.5) is 13.2 Å². The normalized spacial score (nSPS) is 14.4. The lowest BCUT2D eigenvalue weighted by atomic mass is 10.3. The summed E-state index contributed by atoms with van der Waals surface area (Å²) in [6, 6.07) is 0. The number of alkyl halides is 3. The highest BCUT2D eigenvalue weighted by Crippen LogP contribution is 2.33. The molecule has 14 heavy (non-hydrogen) atoms. The van der Waals surface area contributed by atoms with Crippen molar-refractivity contribution in [2.75, 3.05) is 13.7 Å². The second-order valence-corrected chi connectivity index (χ2v) is 3.39. The van der Waals surface area contributed by atoms with Gasteiger partial charge in [-0.15, -0.1) is 11.3 Å². The van der Waals surface area contributed by atoms with Crippen molar-refractivity contribution in [3.05, 3.63) is 16.1 Å². The smallest absolute Gasteiger partial charge is 0.374 e. The van der Waals surface area contributed by atoms with Crippen molar-refractivity contribution in [1.82, 2.24) is 4.98 Å². The predicted molar refractivity (Wildman–Crippen MR) is 45.9 cm³/mol. The summed E-state index contributed by atoms with van der Waals surface area (Å²) in [6.07, 6.45) is -4.96. The Morgan fingerprint density at radius 2 is 2.29 bits per heavy atom. The van der Waals surface area contributed by atoms with Gasteiger partial charge in [0.15, 0.2) is 5.01 Å². The summed E-state index contributed by atoms with van der Waals surface area (Å²) in [5.74, 6) is 0. The van der Waals surface area contributed by atoms with Crippen molar-refractivity contribution >= 4 is 11.3 Å². The predicted octanol–water partition coefficient (Wildman–Crippen LogP) is 1.81. The van der Waals surface area contributed by atoms with Gasteiger partial charge in [-0.25, -0.2) is 4.98 Å². The third-order valence-electron chi connectivity index (χ3n) is 1.59. The number of methoxy groups -OCH3 is 1. The molecule has 0 bridgehead atoms. The first kappa shape index (κ1) is 11.4. The Bertz CT molecular complexity index is 295. The Labute approximate surface area is 82.7 Å². The van der Waals surface area contributed by atoms with E-state index in [2.05, 4.69) is 4.98 Å². The van der Waals surface area contributed by atoms with Crippen molar-refractivity contribution in [2.45, 2.75) is 12.3 Å². The zero-order valence-electron chi connectivity index (χ0n) is 7.34. The number of thiazole rings is 1. The van der Waals surface area contributed by atoms with Crippen LogP contribution in [0, 0.1) is 0 Å². The van der Waals surface area contributed by atoms with E-state index in [9.17, 15) is 13.2 Å². The topological polar surface area (TPSA) is 48.1 Å². The average Bonchev–Trinajstić information content (AvgIpc) is 2.54. The fraction of sp³-hybridized carbons (Fsp3) is 0.571. The fourth-order valence-corrected chi connectivity index (χ4v) is 1.63. The maximum Gasteiger partial charge on any atom is 0.443 e. The molecule has 1 heterocycles. The lowest BCUT2D eigenvalue weighted by Gasteiger charge is -2.08. The lowest BCUT2D eigenvalue weighted by Crippen LogP contribution is -2.15. The van der Waals surface area contributed by atoms with Gasteiger partial charge >= 0.3 is 6.18 Å². The van der Waals surface area contributed by atoms with Crippen LogP contribution in [0.5, 0.6) is 0 Å². The van der Waals surface area contributed by atoms with E-state index in [1.165, 1.54) is 12.5 Å². The van der Waals surface area contributed by atoms with Gasteiger partial charge in [0, 0.05) is 19.0 Å². The van der Waals surface area contributed by atoms with Crippen molar-refractivity contribution in [3.8, 4) is 0 Å². The standard InChI is InChI=1S/C7H9F3N2OS/c1-13-5(2-11)4-3-14-6(12-4)7(8,9)10/h3,5H,2,11H2,1H3. The fourth-order valence-electron chi connectivity index (χ4n) is 0.902. The summed E-state index contributed by atoms with van der Waals surface area (Å²) in [6.45, 7) is 0.109. The van der Waals surface area contributed by atoms with Crippen molar-refractivity contribution in [1.29, 1.82) is 0 Å². The number of hydrogen-bond donors (Lipinski definition) is 1. The third kappa shape index (κ3) is 2.43. The highest BCUT2D eigenvalue weighted by molar-refractivity contribution is 7.09. The van der Waals surface area contributed by atoms with Gasteiger partial charge in [-0.05, 0) is 0 Å². The van der Waals surface area contributed by atoms with Gasteiger partial charge in [-0.2, -0.15) is 13.2 Å². The number of aromatic nitrogens is 1. The molecule has 1 rings (SSSR count). The summed E-state index contributed by atoms with van der Waals surface area (Å²) in [4.78, 5) is 3.41. The molecule has 1 atom stereocenters. The van der Waals surface area contributed by atoms with Crippen molar-refractivity contribution in [2.24, 2.45) is 5.73 Å². The van der Waals surface area contributed by atoms with Gasteiger partial charge in [-0.3, -0.25) is 0 Å². The number of halogens is 3. The van der Waals surface area contributed by atoms with E-state index in [-0.39, 0.29) is 12.2 Å². The van der Waals surface area contributed by atoms with Crippen LogP contribution in [0.2, 0.25) is 0 Å². The number of rotatable bonds is 3. The monoisotopic (exact) mass is 226 g/mol. The number of ether oxygens (including phenoxy) is 1. The van der Waals surface area contributed by atoms with Gasteiger partial charge in [-0.1, -0.05) is 0 Å². The lowest BCUT2D eigenvalue weighted by molar-refractivity contribution is -0.137. The quantitative estimate of drug-likeness (QED) is 0.855. The summed E-state index contributed by atoms with van der Waals surface area (Å²) < 4.78 is 41.3. The molecule has 0 amide bonds. The molecular formula is C7H9F3N2OS. The molecule has 0 aliphatic carbocycles. The van der Waals surface area contributed by atoms with Crippen LogP contribution in [0.1, 0.15) is 16.8 Å². The molecule has 0 aliphatic heterocycles. The van der Waals surface area contributed by atoms with Crippen LogP contribution in [0.3, 0.4) is 0 Å². The van der Waals surface area contributed by atoms with E-state index >= 15 is 0 Å². The molecule has 0 aliphatic rings. The molecule has 0 spiro atoms. The summed E-state index contributed by atoms with van der Waals surface area (Å²) >= 11 is 0.544. The highest BCUT2D eigenvalue weighted by atomic mass is 32.1. The molecule has 1 aromatic heterocycles. The molecule has 0 radical (unpaired) electrons. The Hall–Kier alpha value is -0.660. The van der Waals surface area contributed by atoms with Gasteiger partial charge < -0.3 is 10.5 Å². The second-order valence-electron chi connectivity index (χ2n) is 2.54. The van der Waals surface area contributed by atoms with Crippen LogP contribution >= 0.6 is 11.3 Å². The first-order valence-corrected chi connectivity index (χ1v) is 4.62. The van der Waals surface area contributed by atoms with Crippen molar-refractivity contribution < 1.29 is 17.9 Å². The van der Waals surface area contributed by atoms with Gasteiger partial charge in [0.25, 0.3) is 0 Å². The Morgan fingerprint density at radius 1 is 1.64 bits per heavy atom. The zero-order chi connectivity index (χ0) is 10.8. The largest absolute Gasteiger partial charge is 0.443 e. The van der Waals surface area contributed by atoms with Gasteiger partial charge in [0.2, 0.25) is 0 Å². The highest BCUT2D eigenvalue weighted by Gasteiger charge is 2.35. The van der Waals surface area contributed by atoms with Gasteiger partial charge in [0.1, 0.15) is 6.10 Å². The van der Waals surface area contributed by atoms with E-state index < -0.39 is 17.3 Å². The molecule has 7 heteroatoms. The number of hydrogen-bond acceptors (Lipinski definition) is 4. The molecule has 1 aromatic rings. The minimum atomic E-state index is -4.39. The Morgan fingerprint density at radius 3 is 2.64 bits per heavy atom. The van der Waals surface area contributed by atoms with Crippen molar-refractivity contribution in [3.63, 3.8) is 0 Å². The molecule has 0 saturated carbocycles. The molecular weight excluding hydrogens is 217 g/mol. The molecule has 1 unspecified atom stereocenters. The van der Waals surface area contributed by atoms with E-state index in [1.54, 1.807) is 0 Å². The molecule has 3 nitrogen and oxygen atoms in total. The van der Waals surface area contributed by atoms with E-state index in [1.807, 2.05) is 0 Å². The molecule has 0 saturated heterocycles. The van der Waals surface area contributed by atoms with E-state index in [0.29, 0.717) is 11.3 Å². The Kier molecular flexibility index (Phi) is 3.46. The summed E-state index contributed by atoms with van der Waals surface area (Å²) in [5, 5.41) is 0.437.